The molecule has 2 N–H and O–H groups in total. The summed E-state index contributed by atoms with van der Waals surface area (Å²) in [6.07, 6.45) is 9.85. The van der Waals surface area contributed by atoms with Crippen LogP contribution in [0.2, 0.25) is 0 Å². The molecule has 0 spiro atoms. The number of nitrogens with zero attached hydrogens (tertiary/aromatic N) is 5. The monoisotopic (exact) mass is 477 g/mol. The number of carbonyl (C=O) groups excluding carboxylic acids is 2. The first-order valence-electron chi connectivity index (χ1n) is 11.3. The number of aromatic nitrogens is 4. The Morgan fingerprint density at radius 3 is 2.45 bits per heavy atom. The third-order valence-electron chi connectivity index (χ3n) is 6.44. The third kappa shape index (κ3) is 5.44. The van der Waals surface area contributed by atoms with Gasteiger partial charge in [-0.15, -0.1) is 0 Å². The van der Waals surface area contributed by atoms with Crippen molar-refractivity contribution in [2.75, 3.05) is 18.4 Å². The third-order valence-corrected chi connectivity index (χ3v) is 8.21. The van der Waals surface area contributed by atoms with Crippen LogP contribution >= 0.6 is 0 Å². The van der Waals surface area contributed by atoms with Crippen LogP contribution in [0.4, 0.5) is 5.69 Å². The summed E-state index contributed by atoms with van der Waals surface area (Å²) in [4.78, 5) is 29.0. The molecule has 4 rings (SSSR count). The molecule has 12 heteroatoms. The Morgan fingerprint density at radius 1 is 1.12 bits per heavy atom. The number of imidazole rings is 1. The van der Waals surface area contributed by atoms with Gasteiger partial charge in [0, 0.05) is 44.5 Å². The van der Waals surface area contributed by atoms with Crippen LogP contribution < -0.4 is 10.6 Å². The molecule has 0 unspecified atom stereocenters. The highest BCUT2D eigenvalue weighted by Crippen LogP contribution is 2.24. The Balaban J connectivity index is 1.27. The van der Waals surface area contributed by atoms with Gasteiger partial charge < -0.3 is 15.2 Å². The number of amides is 2. The minimum absolute atomic E-state index is 0.0368. The maximum atomic E-state index is 12.8. The smallest absolute Gasteiger partial charge is 0.262 e. The number of carbonyl (C=O) groups is 2. The van der Waals surface area contributed by atoms with Crippen LogP contribution in [0.25, 0.3) is 0 Å². The molecule has 2 fully saturated rings. The average molecular weight is 478 g/mol. The maximum absolute atomic E-state index is 12.8. The van der Waals surface area contributed by atoms with Gasteiger partial charge in [-0.2, -0.15) is 9.40 Å². The first-order valence-corrected chi connectivity index (χ1v) is 12.8. The van der Waals surface area contributed by atoms with E-state index in [0.717, 1.165) is 25.7 Å². The van der Waals surface area contributed by atoms with Gasteiger partial charge >= 0.3 is 0 Å². The molecule has 1 aliphatic heterocycles. The molecule has 0 aromatic carbocycles. The summed E-state index contributed by atoms with van der Waals surface area (Å²) in [5.74, 6) is 0.0746. The van der Waals surface area contributed by atoms with Gasteiger partial charge in [0.2, 0.25) is 11.8 Å². The molecular formula is C21H31N7O4S. The molecule has 1 saturated heterocycles. The molecule has 0 radical (unpaired) electrons. The van der Waals surface area contributed by atoms with Crippen molar-refractivity contribution < 1.29 is 18.0 Å². The van der Waals surface area contributed by atoms with Gasteiger partial charge in [-0.05, 0) is 32.6 Å². The van der Waals surface area contributed by atoms with Crippen molar-refractivity contribution in [1.29, 1.82) is 0 Å². The second-order valence-electron chi connectivity index (χ2n) is 8.88. The summed E-state index contributed by atoms with van der Waals surface area (Å²) in [5.41, 5.74) is 0.521. The Labute approximate surface area is 193 Å². The Kier molecular flexibility index (Phi) is 6.84. The Hall–Kier alpha value is -2.73. The molecular weight excluding hydrogens is 446 g/mol. The summed E-state index contributed by atoms with van der Waals surface area (Å²) in [5, 5.41) is 10.0. The van der Waals surface area contributed by atoms with Gasteiger partial charge in [0.15, 0.2) is 5.03 Å². The number of sulfonamides is 1. The zero-order chi connectivity index (χ0) is 23.6. The van der Waals surface area contributed by atoms with E-state index in [1.165, 1.54) is 21.4 Å². The molecule has 2 aromatic rings. The van der Waals surface area contributed by atoms with Crippen LogP contribution in [0.1, 0.15) is 44.3 Å². The lowest BCUT2D eigenvalue weighted by molar-refractivity contribution is -0.122. The lowest BCUT2D eigenvalue weighted by atomic mass is 9.97. The predicted molar refractivity (Wildman–Crippen MR) is 121 cm³/mol. The fourth-order valence-corrected chi connectivity index (χ4v) is 5.89. The normalized spacial score (nSPS) is 18.5. The molecule has 11 nitrogen and oxygen atoms in total. The number of hydrogen-bond donors (Lipinski definition) is 2. The standard InChI is InChI=1S/C21H31N7O4S/c1-15-23-20(14-26(15)2)33(31,32)28-9-7-16(8-10-28)21(30)25-18-11-22-27(12-18)13-19(29)24-17-5-3-4-6-17/h11-12,14,16-17H,3-10,13H2,1-2H3,(H,24,29)(H,25,30). The van der Waals surface area contributed by atoms with Crippen molar-refractivity contribution >= 4 is 27.5 Å². The van der Waals surface area contributed by atoms with Gasteiger partial charge in [0.25, 0.3) is 10.0 Å². The number of hydrogen-bond acceptors (Lipinski definition) is 6. The van der Waals surface area contributed by atoms with Crippen LogP contribution in [0.15, 0.2) is 23.6 Å². The van der Waals surface area contributed by atoms with Crippen molar-refractivity contribution in [1.82, 2.24) is 29.0 Å². The molecule has 2 aromatic heterocycles. The van der Waals surface area contributed by atoms with E-state index in [4.69, 9.17) is 0 Å². The second-order valence-corrected chi connectivity index (χ2v) is 10.8. The molecule has 0 bridgehead atoms. The number of nitrogens with one attached hydrogen (secondary N) is 2. The van der Waals surface area contributed by atoms with E-state index < -0.39 is 10.0 Å². The summed E-state index contributed by atoms with van der Waals surface area (Å²) >= 11 is 0. The molecule has 1 saturated carbocycles. The van der Waals surface area contributed by atoms with Crippen LogP contribution in [-0.4, -0.2) is 63.0 Å². The number of piperidine rings is 1. The summed E-state index contributed by atoms with van der Waals surface area (Å²) in [7, 11) is -1.92. The SMILES string of the molecule is Cc1nc(S(=O)(=O)N2CCC(C(=O)Nc3cnn(CC(=O)NC4CCCC4)c3)CC2)cn1C. The molecule has 180 valence electrons. The van der Waals surface area contributed by atoms with E-state index in [1.807, 2.05) is 0 Å². The van der Waals surface area contributed by atoms with Gasteiger partial charge in [0.1, 0.15) is 12.4 Å². The molecule has 3 heterocycles. The fourth-order valence-electron chi connectivity index (χ4n) is 4.39. The number of aryl methyl sites for hydroxylation is 2. The van der Waals surface area contributed by atoms with E-state index in [9.17, 15) is 18.0 Å². The first-order chi connectivity index (χ1) is 15.7. The van der Waals surface area contributed by atoms with Crippen LogP contribution in [0.5, 0.6) is 0 Å². The lowest BCUT2D eigenvalue weighted by Crippen LogP contribution is -2.41. The van der Waals surface area contributed by atoms with E-state index >= 15 is 0 Å². The molecule has 2 amide bonds. The van der Waals surface area contributed by atoms with Crippen molar-refractivity contribution in [3.8, 4) is 0 Å². The summed E-state index contributed by atoms with van der Waals surface area (Å²) in [6.45, 7) is 2.38. The zero-order valence-electron chi connectivity index (χ0n) is 19.0. The Morgan fingerprint density at radius 2 is 1.82 bits per heavy atom. The Bertz CT molecular complexity index is 1090. The minimum Gasteiger partial charge on any atom is -0.352 e. The number of rotatable bonds is 7. The quantitative estimate of drug-likeness (QED) is 0.612. The molecule has 0 atom stereocenters. The maximum Gasteiger partial charge on any atom is 0.262 e. The topological polar surface area (TPSA) is 131 Å². The highest BCUT2D eigenvalue weighted by atomic mass is 32.2. The largest absolute Gasteiger partial charge is 0.352 e. The average Bonchev–Trinajstić information content (AvgIpc) is 3.52. The predicted octanol–water partition coefficient (Wildman–Crippen LogP) is 1.02. The number of anilines is 1. The zero-order valence-corrected chi connectivity index (χ0v) is 19.8. The van der Waals surface area contributed by atoms with E-state index in [2.05, 4.69) is 20.7 Å². The summed E-state index contributed by atoms with van der Waals surface area (Å²) in [6, 6.07) is 0.253. The van der Waals surface area contributed by atoms with E-state index in [-0.39, 0.29) is 48.4 Å². The van der Waals surface area contributed by atoms with Crippen LogP contribution in [-0.2, 0) is 33.2 Å². The first kappa shape index (κ1) is 23.4. The van der Waals surface area contributed by atoms with Gasteiger partial charge in [-0.3, -0.25) is 14.3 Å². The van der Waals surface area contributed by atoms with Crippen molar-refractivity contribution in [3.05, 3.63) is 24.4 Å². The van der Waals surface area contributed by atoms with Gasteiger partial charge in [0.05, 0.1) is 11.9 Å². The van der Waals surface area contributed by atoms with Crippen molar-refractivity contribution in [3.63, 3.8) is 0 Å². The molecule has 2 aliphatic rings. The molecule has 33 heavy (non-hydrogen) atoms. The molecule has 1 aliphatic carbocycles. The van der Waals surface area contributed by atoms with Gasteiger partial charge in [-0.1, -0.05) is 12.8 Å². The second kappa shape index (κ2) is 9.64. The van der Waals surface area contributed by atoms with Crippen molar-refractivity contribution in [2.24, 2.45) is 13.0 Å². The highest BCUT2D eigenvalue weighted by Gasteiger charge is 2.33. The van der Waals surface area contributed by atoms with E-state index in [1.54, 1.807) is 24.7 Å². The fraction of sp³-hybridized carbons (Fsp3) is 0.619. The van der Waals surface area contributed by atoms with Crippen LogP contribution in [0, 0.1) is 12.8 Å². The van der Waals surface area contributed by atoms with E-state index in [0.29, 0.717) is 24.4 Å². The van der Waals surface area contributed by atoms with Crippen molar-refractivity contribution in [2.45, 2.75) is 63.1 Å². The van der Waals surface area contributed by atoms with Gasteiger partial charge in [-0.25, -0.2) is 13.4 Å². The summed E-state index contributed by atoms with van der Waals surface area (Å²) < 4.78 is 30.2. The van der Waals surface area contributed by atoms with Crippen LogP contribution in [0.3, 0.4) is 0 Å². The lowest BCUT2D eigenvalue weighted by Gasteiger charge is -2.29. The minimum atomic E-state index is -3.67. The highest BCUT2D eigenvalue weighted by molar-refractivity contribution is 7.89.